The van der Waals surface area contributed by atoms with E-state index in [1.165, 1.54) is 11.1 Å². The first-order valence-electron chi connectivity index (χ1n) is 9.62. The van der Waals surface area contributed by atoms with Crippen LogP contribution in [0.15, 0.2) is 48.5 Å². The SMILES string of the molecule is COc1cc(C)c(-c2cc(C)cc(C)c2)cc1C(=O)NCc1ccc(C)cc1O. The van der Waals surface area contributed by atoms with E-state index < -0.39 is 0 Å². The molecule has 0 atom stereocenters. The minimum Gasteiger partial charge on any atom is -0.508 e. The lowest BCUT2D eigenvalue weighted by molar-refractivity contribution is 0.0947. The number of rotatable bonds is 5. The Morgan fingerprint density at radius 2 is 1.62 bits per heavy atom. The van der Waals surface area contributed by atoms with Gasteiger partial charge in [0.1, 0.15) is 11.5 Å². The molecule has 2 N–H and O–H groups in total. The number of phenolic OH excluding ortho intramolecular Hbond substituents is 1. The molecule has 0 aliphatic heterocycles. The van der Waals surface area contributed by atoms with Crippen molar-refractivity contribution in [2.45, 2.75) is 34.2 Å². The first-order valence-corrected chi connectivity index (χ1v) is 9.62. The number of benzene rings is 3. The summed E-state index contributed by atoms with van der Waals surface area (Å²) in [5.74, 6) is 0.464. The molecule has 4 heteroatoms. The molecule has 0 fully saturated rings. The number of carbonyl (C=O) groups excluding carboxylic acids is 1. The fourth-order valence-corrected chi connectivity index (χ4v) is 3.56. The number of ether oxygens (including phenoxy) is 1. The van der Waals surface area contributed by atoms with Gasteiger partial charge in [0.2, 0.25) is 0 Å². The van der Waals surface area contributed by atoms with Crippen molar-refractivity contribution >= 4 is 5.91 Å². The molecule has 1 amide bonds. The average Bonchev–Trinajstić information content (AvgIpc) is 2.66. The molecule has 0 bridgehead atoms. The molecule has 29 heavy (non-hydrogen) atoms. The van der Waals surface area contributed by atoms with Gasteiger partial charge in [0.05, 0.1) is 12.7 Å². The summed E-state index contributed by atoms with van der Waals surface area (Å²) in [4.78, 5) is 12.9. The van der Waals surface area contributed by atoms with Gasteiger partial charge in [-0.2, -0.15) is 0 Å². The summed E-state index contributed by atoms with van der Waals surface area (Å²) in [6.07, 6.45) is 0. The minimum atomic E-state index is -0.243. The fourth-order valence-electron chi connectivity index (χ4n) is 3.56. The number of phenols is 1. The Bertz CT molecular complexity index is 1050. The minimum absolute atomic E-state index is 0.178. The Morgan fingerprint density at radius 1 is 0.931 bits per heavy atom. The van der Waals surface area contributed by atoms with Crippen LogP contribution in [-0.2, 0) is 6.54 Å². The quantitative estimate of drug-likeness (QED) is 0.628. The molecule has 0 aliphatic carbocycles. The summed E-state index contributed by atoms with van der Waals surface area (Å²) in [5, 5.41) is 13.0. The van der Waals surface area contributed by atoms with Crippen molar-refractivity contribution in [3.63, 3.8) is 0 Å². The van der Waals surface area contributed by atoms with Gasteiger partial charge < -0.3 is 15.2 Å². The highest BCUT2D eigenvalue weighted by Crippen LogP contribution is 2.32. The highest BCUT2D eigenvalue weighted by Gasteiger charge is 2.17. The molecule has 3 aromatic rings. The Hall–Kier alpha value is -3.27. The third-order valence-corrected chi connectivity index (χ3v) is 5.00. The number of carbonyl (C=O) groups is 1. The van der Waals surface area contributed by atoms with Crippen LogP contribution >= 0.6 is 0 Å². The molecule has 0 saturated heterocycles. The van der Waals surface area contributed by atoms with E-state index in [0.29, 0.717) is 16.9 Å². The van der Waals surface area contributed by atoms with E-state index in [9.17, 15) is 9.90 Å². The summed E-state index contributed by atoms with van der Waals surface area (Å²) in [6, 6.07) is 15.6. The number of hydrogen-bond acceptors (Lipinski definition) is 3. The van der Waals surface area contributed by atoms with Crippen molar-refractivity contribution < 1.29 is 14.6 Å². The molecule has 150 valence electrons. The lowest BCUT2D eigenvalue weighted by Gasteiger charge is -2.15. The molecular formula is C25H27NO3. The van der Waals surface area contributed by atoms with Gasteiger partial charge in [0.15, 0.2) is 0 Å². The van der Waals surface area contributed by atoms with Crippen molar-refractivity contribution in [3.8, 4) is 22.6 Å². The van der Waals surface area contributed by atoms with E-state index in [1.807, 2.05) is 38.1 Å². The number of amides is 1. The Kier molecular flexibility index (Phi) is 5.92. The molecule has 3 rings (SSSR count). The van der Waals surface area contributed by atoms with Crippen LogP contribution in [0.2, 0.25) is 0 Å². The molecule has 0 aromatic heterocycles. The van der Waals surface area contributed by atoms with E-state index in [0.717, 1.165) is 22.3 Å². The molecule has 0 unspecified atom stereocenters. The molecule has 0 spiro atoms. The largest absolute Gasteiger partial charge is 0.508 e. The second-order valence-corrected chi connectivity index (χ2v) is 7.56. The maximum atomic E-state index is 12.9. The number of hydrogen-bond donors (Lipinski definition) is 2. The summed E-state index contributed by atoms with van der Waals surface area (Å²) < 4.78 is 5.47. The van der Waals surface area contributed by atoms with Gasteiger partial charge in [-0.25, -0.2) is 0 Å². The lowest BCUT2D eigenvalue weighted by atomic mass is 9.94. The van der Waals surface area contributed by atoms with Crippen molar-refractivity contribution in [2.24, 2.45) is 0 Å². The highest BCUT2D eigenvalue weighted by atomic mass is 16.5. The smallest absolute Gasteiger partial charge is 0.255 e. The van der Waals surface area contributed by atoms with Crippen LogP contribution in [0.4, 0.5) is 0 Å². The Balaban J connectivity index is 1.93. The Labute approximate surface area is 172 Å². The van der Waals surface area contributed by atoms with Crippen molar-refractivity contribution in [2.75, 3.05) is 7.11 Å². The van der Waals surface area contributed by atoms with Gasteiger partial charge in [-0.1, -0.05) is 41.5 Å². The molecule has 0 radical (unpaired) electrons. The van der Waals surface area contributed by atoms with Crippen LogP contribution in [0, 0.1) is 27.7 Å². The van der Waals surface area contributed by atoms with Crippen molar-refractivity contribution in [3.05, 3.63) is 81.9 Å². The predicted octanol–water partition coefficient (Wildman–Crippen LogP) is 5.23. The predicted molar refractivity (Wildman–Crippen MR) is 117 cm³/mol. The van der Waals surface area contributed by atoms with Crippen LogP contribution in [0.25, 0.3) is 11.1 Å². The summed E-state index contributed by atoms with van der Waals surface area (Å²) in [5.41, 5.74) is 7.58. The van der Waals surface area contributed by atoms with Crippen LogP contribution in [0.5, 0.6) is 11.5 Å². The molecule has 0 aliphatic rings. The summed E-state index contributed by atoms with van der Waals surface area (Å²) in [6.45, 7) is 8.30. The van der Waals surface area contributed by atoms with Gasteiger partial charge in [0.25, 0.3) is 5.91 Å². The zero-order valence-corrected chi connectivity index (χ0v) is 17.6. The average molecular weight is 389 g/mol. The van der Waals surface area contributed by atoms with Crippen LogP contribution < -0.4 is 10.1 Å². The van der Waals surface area contributed by atoms with E-state index in [2.05, 4.69) is 37.4 Å². The van der Waals surface area contributed by atoms with Crippen molar-refractivity contribution in [1.29, 1.82) is 0 Å². The Morgan fingerprint density at radius 3 is 2.24 bits per heavy atom. The van der Waals surface area contributed by atoms with Gasteiger partial charge in [-0.3, -0.25) is 4.79 Å². The molecule has 0 heterocycles. The van der Waals surface area contributed by atoms with Gasteiger partial charge in [-0.05, 0) is 68.1 Å². The van der Waals surface area contributed by atoms with Crippen LogP contribution in [-0.4, -0.2) is 18.1 Å². The normalized spacial score (nSPS) is 10.7. The zero-order chi connectivity index (χ0) is 21.1. The van der Waals surface area contributed by atoms with Crippen LogP contribution in [0.1, 0.15) is 38.2 Å². The van der Waals surface area contributed by atoms with E-state index in [1.54, 1.807) is 13.2 Å². The topological polar surface area (TPSA) is 58.6 Å². The fraction of sp³-hybridized carbons (Fsp3) is 0.240. The van der Waals surface area contributed by atoms with E-state index in [4.69, 9.17) is 4.74 Å². The van der Waals surface area contributed by atoms with Gasteiger partial charge in [-0.15, -0.1) is 0 Å². The molecular weight excluding hydrogens is 362 g/mol. The third kappa shape index (κ3) is 4.60. The van der Waals surface area contributed by atoms with Gasteiger partial charge in [0, 0.05) is 12.1 Å². The second kappa shape index (κ2) is 8.39. The maximum Gasteiger partial charge on any atom is 0.255 e. The summed E-state index contributed by atoms with van der Waals surface area (Å²) in [7, 11) is 1.56. The first-order chi connectivity index (χ1) is 13.8. The number of methoxy groups -OCH3 is 1. The number of aromatic hydroxyl groups is 1. The third-order valence-electron chi connectivity index (χ3n) is 5.00. The first kappa shape index (κ1) is 20.5. The maximum absolute atomic E-state index is 12.9. The van der Waals surface area contributed by atoms with Gasteiger partial charge >= 0.3 is 0 Å². The number of nitrogens with one attached hydrogen (secondary N) is 1. The van der Waals surface area contributed by atoms with E-state index in [-0.39, 0.29) is 18.2 Å². The molecule has 0 saturated carbocycles. The van der Waals surface area contributed by atoms with E-state index >= 15 is 0 Å². The highest BCUT2D eigenvalue weighted by molar-refractivity contribution is 5.98. The zero-order valence-electron chi connectivity index (χ0n) is 17.6. The monoisotopic (exact) mass is 389 g/mol. The second-order valence-electron chi connectivity index (χ2n) is 7.56. The standard InChI is InChI=1S/C25H27NO3/c1-15-6-7-19(23(27)11-15)14-26-25(28)22-13-21(18(4)12-24(22)29-5)20-9-16(2)8-17(3)10-20/h6-13,27H,14H2,1-5H3,(H,26,28). The molecule has 3 aromatic carbocycles. The number of aryl methyl sites for hydroxylation is 4. The lowest BCUT2D eigenvalue weighted by Crippen LogP contribution is -2.23. The molecule has 4 nitrogen and oxygen atoms in total. The van der Waals surface area contributed by atoms with Crippen molar-refractivity contribution in [1.82, 2.24) is 5.32 Å². The van der Waals surface area contributed by atoms with Crippen LogP contribution in [0.3, 0.4) is 0 Å². The summed E-state index contributed by atoms with van der Waals surface area (Å²) >= 11 is 0.